The predicted molar refractivity (Wildman–Crippen MR) is 97.5 cm³/mol. The lowest BCUT2D eigenvalue weighted by Crippen LogP contribution is -2.57. The van der Waals surface area contributed by atoms with Gasteiger partial charge in [-0.1, -0.05) is 5.92 Å². The Morgan fingerprint density at radius 2 is 2.18 bits per heavy atom. The zero-order valence-corrected chi connectivity index (χ0v) is 16.0. The highest BCUT2D eigenvalue weighted by atomic mass is 127. The Bertz CT molecular complexity index is 490. The molecule has 0 aromatic heterocycles. The average Bonchev–Trinajstić information content (AvgIpc) is 2.80. The van der Waals surface area contributed by atoms with Gasteiger partial charge in [-0.15, -0.1) is 29.9 Å². The summed E-state index contributed by atoms with van der Waals surface area (Å²) in [6.07, 6.45) is -0.236. The Morgan fingerprint density at radius 1 is 1.45 bits per heavy atom. The summed E-state index contributed by atoms with van der Waals surface area (Å²) in [4.78, 5) is 20.6. The summed E-state index contributed by atoms with van der Waals surface area (Å²) in [5.41, 5.74) is -0.452. The second-order valence-corrected chi connectivity index (χ2v) is 6.22. The maximum atomic E-state index is 12.1. The predicted octanol–water partition coefficient (Wildman–Crippen LogP) is 1.51. The first-order chi connectivity index (χ1) is 9.90. The second kappa shape index (κ2) is 7.90. The second-order valence-electron chi connectivity index (χ2n) is 6.22. The normalized spacial score (nSPS) is 20.2. The van der Waals surface area contributed by atoms with E-state index in [0.717, 1.165) is 12.5 Å². The molecular weight excluding hydrogens is 395 g/mol. The SMILES string of the molecule is CC#CCNC1=NCC2CN(C(=O)OC(C)(C)C)CCN12.I. The van der Waals surface area contributed by atoms with Gasteiger partial charge in [0.15, 0.2) is 5.96 Å². The van der Waals surface area contributed by atoms with Gasteiger partial charge in [0, 0.05) is 19.6 Å². The van der Waals surface area contributed by atoms with Gasteiger partial charge in [-0.3, -0.25) is 4.99 Å². The minimum Gasteiger partial charge on any atom is -0.444 e. The van der Waals surface area contributed by atoms with E-state index in [1.807, 2.05) is 27.7 Å². The van der Waals surface area contributed by atoms with Gasteiger partial charge in [-0.25, -0.2) is 4.79 Å². The molecule has 1 N–H and O–H groups in total. The summed E-state index contributed by atoms with van der Waals surface area (Å²) >= 11 is 0. The Labute approximate surface area is 149 Å². The van der Waals surface area contributed by atoms with Crippen LogP contribution >= 0.6 is 24.0 Å². The van der Waals surface area contributed by atoms with E-state index in [0.29, 0.717) is 26.2 Å². The van der Waals surface area contributed by atoms with Crippen molar-refractivity contribution in [2.45, 2.75) is 39.3 Å². The zero-order chi connectivity index (χ0) is 15.5. The van der Waals surface area contributed by atoms with E-state index in [-0.39, 0.29) is 36.1 Å². The number of carbonyl (C=O) groups excluding carboxylic acids is 1. The average molecular weight is 420 g/mol. The number of rotatable bonds is 1. The fraction of sp³-hybridized carbons (Fsp3) is 0.733. The van der Waals surface area contributed by atoms with Crippen LogP contribution in [0.2, 0.25) is 0 Å². The van der Waals surface area contributed by atoms with Crippen LogP contribution in [0.25, 0.3) is 0 Å². The van der Waals surface area contributed by atoms with E-state index in [1.165, 1.54) is 0 Å². The molecule has 1 fully saturated rings. The molecule has 2 aliphatic heterocycles. The number of carbonyl (C=O) groups is 1. The molecule has 7 heteroatoms. The molecule has 2 heterocycles. The van der Waals surface area contributed by atoms with Gasteiger partial charge in [0.2, 0.25) is 0 Å². The Morgan fingerprint density at radius 3 is 2.82 bits per heavy atom. The van der Waals surface area contributed by atoms with E-state index >= 15 is 0 Å². The molecule has 0 aliphatic carbocycles. The number of fused-ring (bicyclic) bond motifs is 1. The summed E-state index contributed by atoms with van der Waals surface area (Å²) in [6.45, 7) is 10.9. The van der Waals surface area contributed by atoms with Gasteiger partial charge < -0.3 is 19.9 Å². The first kappa shape index (κ1) is 18.9. The molecule has 0 bridgehead atoms. The largest absolute Gasteiger partial charge is 0.444 e. The molecule has 0 saturated carbocycles. The fourth-order valence-electron chi connectivity index (χ4n) is 2.43. The third-order valence-electron chi connectivity index (χ3n) is 3.37. The van der Waals surface area contributed by atoms with Crippen LogP contribution in [0.5, 0.6) is 0 Å². The van der Waals surface area contributed by atoms with Crippen molar-refractivity contribution < 1.29 is 9.53 Å². The van der Waals surface area contributed by atoms with Crippen LogP contribution in [0.3, 0.4) is 0 Å². The van der Waals surface area contributed by atoms with Crippen molar-refractivity contribution >= 4 is 36.0 Å². The minimum absolute atomic E-state index is 0. The van der Waals surface area contributed by atoms with Crippen LogP contribution < -0.4 is 5.32 Å². The van der Waals surface area contributed by atoms with Gasteiger partial charge in [0.05, 0.1) is 19.1 Å². The number of nitrogens with zero attached hydrogens (tertiary/aromatic N) is 3. The first-order valence-corrected chi connectivity index (χ1v) is 7.33. The minimum atomic E-state index is -0.452. The number of piperazine rings is 1. The van der Waals surface area contributed by atoms with Crippen LogP contribution in [0.1, 0.15) is 27.7 Å². The van der Waals surface area contributed by atoms with Gasteiger partial charge >= 0.3 is 6.09 Å². The highest BCUT2D eigenvalue weighted by Gasteiger charge is 2.36. The van der Waals surface area contributed by atoms with E-state index in [9.17, 15) is 4.79 Å². The van der Waals surface area contributed by atoms with Crippen LogP contribution in [0.4, 0.5) is 4.79 Å². The smallest absolute Gasteiger partial charge is 0.410 e. The maximum absolute atomic E-state index is 12.1. The number of hydrogen-bond acceptors (Lipinski definition) is 5. The molecule has 2 aliphatic rings. The molecule has 124 valence electrons. The van der Waals surface area contributed by atoms with E-state index < -0.39 is 5.60 Å². The fourth-order valence-corrected chi connectivity index (χ4v) is 2.43. The lowest BCUT2D eigenvalue weighted by atomic mass is 10.2. The quantitative estimate of drug-likeness (QED) is 0.516. The highest BCUT2D eigenvalue weighted by Crippen LogP contribution is 2.18. The van der Waals surface area contributed by atoms with Crippen LogP contribution in [-0.2, 0) is 4.74 Å². The molecule has 0 radical (unpaired) electrons. The molecule has 22 heavy (non-hydrogen) atoms. The van der Waals surface area contributed by atoms with Gasteiger partial charge in [-0.2, -0.15) is 0 Å². The molecule has 1 saturated heterocycles. The van der Waals surface area contributed by atoms with Gasteiger partial charge in [0.25, 0.3) is 0 Å². The molecule has 1 amide bonds. The van der Waals surface area contributed by atoms with Gasteiger partial charge in [-0.05, 0) is 27.7 Å². The van der Waals surface area contributed by atoms with Crippen molar-refractivity contribution in [3.05, 3.63) is 0 Å². The number of ether oxygens (including phenoxy) is 1. The molecule has 0 spiro atoms. The molecule has 6 nitrogen and oxygen atoms in total. The van der Waals surface area contributed by atoms with E-state index in [2.05, 4.69) is 27.0 Å². The molecule has 0 aromatic carbocycles. The standard InChI is InChI=1S/C15H24N4O2.HI/c1-5-6-7-16-13-17-10-12-11-18(8-9-19(12)13)14(20)21-15(2,3)4;/h12H,7-11H2,1-4H3,(H,16,17);1H. The number of amides is 1. The summed E-state index contributed by atoms with van der Waals surface area (Å²) in [5, 5.41) is 3.23. The van der Waals surface area contributed by atoms with Crippen LogP contribution in [-0.4, -0.2) is 66.2 Å². The molecular formula is C15H25IN4O2. The van der Waals surface area contributed by atoms with Crippen LogP contribution in [0.15, 0.2) is 4.99 Å². The van der Waals surface area contributed by atoms with Crippen molar-refractivity contribution in [1.29, 1.82) is 0 Å². The topological polar surface area (TPSA) is 57.2 Å². The highest BCUT2D eigenvalue weighted by molar-refractivity contribution is 14.0. The number of nitrogens with one attached hydrogen (secondary N) is 1. The maximum Gasteiger partial charge on any atom is 0.410 e. The third-order valence-corrected chi connectivity index (χ3v) is 3.37. The first-order valence-electron chi connectivity index (χ1n) is 7.33. The van der Waals surface area contributed by atoms with Crippen LogP contribution in [0, 0.1) is 11.8 Å². The summed E-state index contributed by atoms with van der Waals surface area (Å²) in [5.74, 6) is 6.72. The Kier molecular flexibility index (Phi) is 6.78. The van der Waals surface area contributed by atoms with Crippen molar-refractivity contribution in [1.82, 2.24) is 15.1 Å². The zero-order valence-electron chi connectivity index (χ0n) is 13.7. The van der Waals surface area contributed by atoms with Gasteiger partial charge in [0.1, 0.15) is 5.60 Å². The third kappa shape index (κ3) is 4.93. The Hall–Kier alpha value is -1.17. The van der Waals surface area contributed by atoms with Crippen molar-refractivity contribution in [3.63, 3.8) is 0 Å². The number of aliphatic imine (C=N–C) groups is 1. The molecule has 1 atom stereocenters. The van der Waals surface area contributed by atoms with Crippen molar-refractivity contribution in [2.75, 3.05) is 32.7 Å². The van der Waals surface area contributed by atoms with E-state index in [4.69, 9.17) is 4.74 Å². The van der Waals surface area contributed by atoms with Crippen molar-refractivity contribution in [2.24, 2.45) is 4.99 Å². The molecule has 0 aromatic rings. The van der Waals surface area contributed by atoms with Crippen molar-refractivity contribution in [3.8, 4) is 11.8 Å². The number of halogens is 1. The lowest BCUT2D eigenvalue weighted by molar-refractivity contribution is 0.0137. The Balaban J connectivity index is 0.00000242. The molecule has 1 unspecified atom stereocenters. The number of guanidine groups is 1. The monoisotopic (exact) mass is 420 g/mol. The number of hydrogen-bond donors (Lipinski definition) is 1. The van der Waals surface area contributed by atoms with E-state index in [1.54, 1.807) is 4.90 Å². The summed E-state index contributed by atoms with van der Waals surface area (Å²) in [7, 11) is 0. The lowest BCUT2D eigenvalue weighted by Gasteiger charge is -2.39. The summed E-state index contributed by atoms with van der Waals surface area (Å²) < 4.78 is 5.43. The molecule has 2 rings (SSSR count). The summed E-state index contributed by atoms with van der Waals surface area (Å²) in [6, 6.07) is 0.239.